The van der Waals surface area contributed by atoms with Gasteiger partial charge in [-0.3, -0.25) is 4.79 Å². The van der Waals surface area contributed by atoms with Gasteiger partial charge < -0.3 is 23.9 Å². The molecule has 1 fully saturated rings. The average molecular weight is 372 g/mol. The third-order valence-electron chi connectivity index (χ3n) is 3.64. The van der Waals surface area contributed by atoms with Crippen molar-refractivity contribution in [1.29, 1.82) is 0 Å². The number of carbonyl (C=O) groups excluding carboxylic acids is 1. The Balaban J connectivity index is 1.87. The number of ether oxygens (including phenoxy) is 3. The Labute approximate surface area is 150 Å². The number of carbonyl (C=O) groups is 1. The molecule has 0 saturated carbocycles. The maximum atomic E-state index is 12.3. The van der Waals surface area contributed by atoms with Crippen LogP contribution in [0.5, 0.6) is 11.5 Å². The van der Waals surface area contributed by atoms with Crippen molar-refractivity contribution in [3.63, 3.8) is 0 Å². The van der Waals surface area contributed by atoms with Crippen LogP contribution in [0.1, 0.15) is 19.4 Å². The Bertz CT molecular complexity index is 632. The first-order chi connectivity index (χ1) is 12.4. The van der Waals surface area contributed by atoms with Crippen molar-refractivity contribution in [2.75, 3.05) is 26.8 Å². The van der Waals surface area contributed by atoms with Gasteiger partial charge in [0.15, 0.2) is 18.1 Å². The molecule has 144 valence electrons. The third kappa shape index (κ3) is 5.83. The van der Waals surface area contributed by atoms with E-state index in [1.54, 1.807) is 4.90 Å². The smallest absolute Gasteiger partial charge is 0.387 e. The number of methoxy groups -OCH3 is 1. The monoisotopic (exact) mass is 372 g/mol. The molecule has 1 aliphatic heterocycles. The Morgan fingerprint density at radius 2 is 2.04 bits per heavy atom. The molecule has 7 nitrogen and oxygen atoms in total. The lowest BCUT2D eigenvalue weighted by Gasteiger charge is -2.34. The molecule has 1 saturated heterocycles. The van der Waals surface area contributed by atoms with Gasteiger partial charge in [0.2, 0.25) is 0 Å². The largest absolute Gasteiger partial charge is 0.493 e. The maximum Gasteiger partial charge on any atom is 0.387 e. The topological polar surface area (TPSA) is 69.6 Å². The highest BCUT2D eigenvalue weighted by Crippen LogP contribution is 2.28. The highest BCUT2D eigenvalue weighted by atomic mass is 19.3. The van der Waals surface area contributed by atoms with Gasteiger partial charge >= 0.3 is 6.61 Å². The molecule has 1 amide bonds. The number of alkyl halides is 2. The van der Waals surface area contributed by atoms with Crippen molar-refractivity contribution in [2.24, 2.45) is 5.16 Å². The number of hydrogen-bond acceptors (Lipinski definition) is 6. The second-order valence-corrected chi connectivity index (χ2v) is 5.85. The molecule has 0 N–H and O–H groups in total. The fraction of sp³-hybridized carbons (Fsp3) is 0.529. The number of oxime groups is 1. The van der Waals surface area contributed by atoms with Crippen LogP contribution in [-0.4, -0.2) is 62.6 Å². The Morgan fingerprint density at radius 1 is 1.35 bits per heavy atom. The number of hydrogen-bond donors (Lipinski definition) is 0. The quantitative estimate of drug-likeness (QED) is 0.543. The van der Waals surface area contributed by atoms with Gasteiger partial charge in [0, 0.05) is 18.7 Å². The minimum Gasteiger partial charge on any atom is -0.493 e. The molecule has 0 spiro atoms. The zero-order valence-electron chi connectivity index (χ0n) is 14.9. The number of nitrogens with zero attached hydrogens (tertiary/aromatic N) is 2. The highest BCUT2D eigenvalue weighted by molar-refractivity contribution is 5.81. The summed E-state index contributed by atoms with van der Waals surface area (Å²) in [6, 6.07) is 4.33. The summed E-state index contributed by atoms with van der Waals surface area (Å²) in [5.74, 6) is -0.115. The maximum absolute atomic E-state index is 12.3. The molecule has 9 heteroatoms. The zero-order chi connectivity index (χ0) is 19.1. The molecule has 0 bridgehead atoms. The lowest BCUT2D eigenvalue weighted by Crippen LogP contribution is -2.49. The summed E-state index contributed by atoms with van der Waals surface area (Å²) in [6.45, 7) is 1.70. The van der Waals surface area contributed by atoms with Crippen LogP contribution in [0, 0.1) is 0 Å². The fourth-order valence-corrected chi connectivity index (χ4v) is 2.62. The minimum atomic E-state index is -2.94. The van der Waals surface area contributed by atoms with Crippen LogP contribution in [0.4, 0.5) is 8.78 Å². The van der Waals surface area contributed by atoms with Crippen LogP contribution in [0.2, 0.25) is 0 Å². The van der Waals surface area contributed by atoms with Gasteiger partial charge in [0.25, 0.3) is 5.91 Å². The third-order valence-corrected chi connectivity index (χ3v) is 3.64. The first-order valence-corrected chi connectivity index (χ1v) is 8.10. The summed E-state index contributed by atoms with van der Waals surface area (Å²) in [5, 5.41) is 3.73. The van der Waals surface area contributed by atoms with Crippen molar-refractivity contribution in [2.45, 2.75) is 32.7 Å². The minimum absolute atomic E-state index is 0.0207. The molecule has 26 heavy (non-hydrogen) atoms. The van der Waals surface area contributed by atoms with Crippen LogP contribution >= 0.6 is 0 Å². The average Bonchev–Trinajstić information content (AvgIpc) is 2.58. The molecule has 1 aliphatic rings. The van der Waals surface area contributed by atoms with Gasteiger partial charge in [-0.2, -0.15) is 8.78 Å². The van der Waals surface area contributed by atoms with E-state index in [1.807, 2.05) is 13.8 Å². The number of halogens is 2. The van der Waals surface area contributed by atoms with E-state index in [2.05, 4.69) is 9.89 Å². The van der Waals surface area contributed by atoms with E-state index in [1.165, 1.54) is 31.5 Å². The second kappa shape index (κ2) is 9.33. The Kier molecular flexibility index (Phi) is 7.14. The van der Waals surface area contributed by atoms with E-state index in [0.29, 0.717) is 18.7 Å². The van der Waals surface area contributed by atoms with E-state index >= 15 is 0 Å². The van der Waals surface area contributed by atoms with Crippen molar-refractivity contribution >= 4 is 12.1 Å². The molecule has 1 aromatic rings. The van der Waals surface area contributed by atoms with Gasteiger partial charge in [0.05, 0.1) is 25.5 Å². The fourth-order valence-electron chi connectivity index (χ4n) is 2.62. The van der Waals surface area contributed by atoms with Gasteiger partial charge in [-0.15, -0.1) is 0 Å². The van der Waals surface area contributed by atoms with Gasteiger partial charge in [-0.25, -0.2) is 0 Å². The molecule has 0 aromatic heterocycles. The van der Waals surface area contributed by atoms with E-state index in [0.717, 1.165) is 0 Å². The van der Waals surface area contributed by atoms with Gasteiger partial charge in [-0.05, 0) is 32.0 Å². The molecule has 2 rings (SSSR count). The van der Waals surface area contributed by atoms with Crippen LogP contribution < -0.4 is 9.47 Å². The summed E-state index contributed by atoms with van der Waals surface area (Å²) in [7, 11) is 1.34. The highest BCUT2D eigenvalue weighted by Gasteiger charge is 2.25. The van der Waals surface area contributed by atoms with Crippen LogP contribution in [0.25, 0.3) is 0 Å². The summed E-state index contributed by atoms with van der Waals surface area (Å²) >= 11 is 0. The SMILES string of the molecule is COc1cc(/C=N\OCC(=O)N2C[C@H](C)O[C@@H](C)C2)ccc1OC(F)F. The van der Waals surface area contributed by atoms with E-state index in [4.69, 9.17) is 14.3 Å². The normalized spacial score (nSPS) is 20.5. The predicted octanol–water partition coefficient (Wildman–Crippen LogP) is 2.28. The number of morpholine rings is 1. The molecular formula is C17H22F2N2O5. The number of amides is 1. The lowest BCUT2D eigenvalue weighted by molar-refractivity contribution is -0.147. The van der Waals surface area contributed by atoms with Crippen LogP contribution in [0.15, 0.2) is 23.4 Å². The van der Waals surface area contributed by atoms with E-state index in [-0.39, 0.29) is 36.2 Å². The molecule has 1 aromatic carbocycles. The zero-order valence-corrected chi connectivity index (χ0v) is 14.9. The Morgan fingerprint density at radius 3 is 2.65 bits per heavy atom. The van der Waals surface area contributed by atoms with Crippen LogP contribution in [-0.2, 0) is 14.4 Å². The van der Waals surface area contributed by atoms with Crippen molar-refractivity contribution in [3.05, 3.63) is 23.8 Å². The molecule has 0 radical (unpaired) electrons. The second-order valence-electron chi connectivity index (χ2n) is 5.85. The number of rotatable bonds is 7. The van der Waals surface area contributed by atoms with E-state index in [9.17, 15) is 13.6 Å². The lowest BCUT2D eigenvalue weighted by atomic mass is 10.2. The molecule has 0 unspecified atom stereocenters. The first-order valence-electron chi connectivity index (χ1n) is 8.10. The van der Waals surface area contributed by atoms with Gasteiger partial charge in [-0.1, -0.05) is 5.16 Å². The van der Waals surface area contributed by atoms with E-state index < -0.39 is 6.61 Å². The first kappa shape index (κ1) is 19.9. The van der Waals surface area contributed by atoms with Crippen molar-refractivity contribution < 1.29 is 32.6 Å². The summed E-state index contributed by atoms with van der Waals surface area (Å²) in [4.78, 5) is 18.8. The molecule has 1 heterocycles. The summed E-state index contributed by atoms with van der Waals surface area (Å²) in [5.41, 5.74) is 0.546. The van der Waals surface area contributed by atoms with Gasteiger partial charge in [0.1, 0.15) is 0 Å². The summed E-state index contributed by atoms with van der Waals surface area (Å²) < 4.78 is 39.5. The Hall–Kier alpha value is -2.42. The standard InChI is InChI=1S/C17H22F2N2O5/c1-11-8-21(9-12(2)25-11)16(22)10-24-20-7-13-4-5-14(26-17(18)19)15(6-13)23-3/h4-7,11-12,17H,8-10H2,1-3H3/b20-7-/t11-,12-/m0/s1. The molecular weight excluding hydrogens is 350 g/mol. The molecule has 0 aliphatic carbocycles. The van der Waals surface area contributed by atoms with Crippen molar-refractivity contribution in [1.82, 2.24) is 4.90 Å². The van der Waals surface area contributed by atoms with Crippen molar-refractivity contribution in [3.8, 4) is 11.5 Å². The molecule has 2 atom stereocenters. The van der Waals surface area contributed by atoms with Crippen LogP contribution in [0.3, 0.4) is 0 Å². The number of benzene rings is 1. The predicted molar refractivity (Wildman–Crippen MR) is 89.8 cm³/mol. The summed E-state index contributed by atoms with van der Waals surface area (Å²) in [6.07, 6.45) is 1.31.